The number of hydrogen-bond donors (Lipinski definition) is 2. The third kappa shape index (κ3) is 3.89. The fraction of sp³-hybridized carbons (Fsp3) is 0.474. The van der Waals surface area contributed by atoms with E-state index in [2.05, 4.69) is 25.6 Å². The number of anilines is 2. The quantitative estimate of drug-likeness (QED) is 0.815. The number of carbonyl (C=O) groups excluding carboxylic acids is 1. The molecule has 1 saturated heterocycles. The van der Waals surface area contributed by atoms with Crippen molar-refractivity contribution in [3.05, 3.63) is 29.8 Å². The number of carbonyl (C=O) groups is 1. The van der Waals surface area contributed by atoms with Crippen LogP contribution in [-0.4, -0.2) is 52.5 Å². The van der Waals surface area contributed by atoms with Crippen molar-refractivity contribution in [3.63, 3.8) is 0 Å². The molecule has 2 aliphatic rings. The monoisotopic (exact) mass is 406 g/mol. The van der Waals surface area contributed by atoms with Crippen LogP contribution in [0.25, 0.3) is 11.4 Å². The van der Waals surface area contributed by atoms with Gasteiger partial charge in [0.25, 0.3) is 5.92 Å². The van der Waals surface area contributed by atoms with Crippen molar-refractivity contribution in [2.24, 2.45) is 0 Å². The lowest BCUT2D eigenvalue weighted by Crippen LogP contribution is -2.49. The van der Waals surface area contributed by atoms with Gasteiger partial charge in [0.15, 0.2) is 0 Å². The molecule has 0 spiro atoms. The van der Waals surface area contributed by atoms with Gasteiger partial charge in [-0.2, -0.15) is 0 Å². The SMILES string of the molecule is C[C@H]1CN(c2cc(F)cc(-c3ncnc4c3[C@@H](C(C)(F)F)CC(=O)N4)n2)CCN1. The number of fused-ring (bicyclic) bond motifs is 1. The topological polar surface area (TPSA) is 83.0 Å². The molecule has 0 bridgehead atoms. The van der Waals surface area contributed by atoms with Gasteiger partial charge in [-0.25, -0.2) is 28.1 Å². The van der Waals surface area contributed by atoms with E-state index >= 15 is 0 Å². The van der Waals surface area contributed by atoms with E-state index in [1.54, 1.807) is 0 Å². The molecule has 2 N–H and O–H groups in total. The first kappa shape index (κ1) is 19.6. The average molecular weight is 406 g/mol. The summed E-state index contributed by atoms with van der Waals surface area (Å²) in [4.78, 5) is 26.4. The summed E-state index contributed by atoms with van der Waals surface area (Å²) in [6.45, 7) is 4.79. The van der Waals surface area contributed by atoms with E-state index in [0.717, 1.165) is 19.8 Å². The van der Waals surface area contributed by atoms with E-state index < -0.39 is 30.0 Å². The van der Waals surface area contributed by atoms with E-state index in [1.807, 2.05) is 11.8 Å². The van der Waals surface area contributed by atoms with Gasteiger partial charge in [0, 0.05) is 49.8 Å². The molecule has 0 radical (unpaired) electrons. The standard InChI is InChI=1S/C19H21F3N6O/c1-10-8-28(4-3-23-10)14-6-11(20)5-13(26-14)17-16-12(19(2,21)22)7-15(29)27-18(16)25-9-24-17/h5-6,9-10,12,23H,3-4,7-8H2,1-2H3,(H,24,25,27,29)/t10-,12-/m0/s1. The Morgan fingerprint density at radius 3 is 2.79 bits per heavy atom. The first-order valence-electron chi connectivity index (χ1n) is 9.41. The van der Waals surface area contributed by atoms with E-state index in [0.29, 0.717) is 18.9 Å². The molecule has 0 aromatic carbocycles. The fourth-order valence-corrected chi connectivity index (χ4v) is 3.84. The Labute approximate surface area is 165 Å². The largest absolute Gasteiger partial charge is 0.354 e. The smallest absolute Gasteiger partial charge is 0.252 e. The van der Waals surface area contributed by atoms with Gasteiger partial charge in [0.05, 0.1) is 17.3 Å². The summed E-state index contributed by atoms with van der Waals surface area (Å²) in [5.41, 5.74) is 0.318. The number of halogens is 3. The Morgan fingerprint density at radius 2 is 2.07 bits per heavy atom. The zero-order chi connectivity index (χ0) is 20.8. The van der Waals surface area contributed by atoms with Crippen LogP contribution in [0.15, 0.2) is 18.5 Å². The summed E-state index contributed by atoms with van der Waals surface area (Å²) in [7, 11) is 0. The third-order valence-corrected chi connectivity index (χ3v) is 5.20. The zero-order valence-electron chi connectivity index (χ0n) is 16.0. The zero-order valence-corrected chi connectivity index (χ0v) is 16.0. The summed E-state index contributed by atoms with van der Waals surface area (Å²) < 4.78 is 43.1. The number of pyridine rings is 1. The second-order valence-electron chi connectivity index (χ2n) is 7.58. The van der Waals surface area contributed by atoms with Crippen molar-refractivity contribution in [2.75, 3.05) is 29.9 Å². The number of aromatic nitrogens is 3. The van der Waals surface area contributed by atoms with Crippen LogP contribution in [0.5, 0.6) is 0 Å². The highest BCUT2D eigenvalue weighted by Gasteiger charge is 2.43. The Bertz CT molecular complexity index is 948. The van der Waals surface area contributed by atoms with Crippen LogP contribution in [0, 0.1) is 5.82 Å². The molecule has 0 saturated carbocycles. The van der Waals surface area contributed by atoms with E-state index in [-0.39, 0.29) is 28.8 Å². The molecule has 154 valence electrons. The molecular weight excluding hydrogens is 385 g/mol. The van der Waals surface area contributed by atoms with Gasteiger partial charge >= 0.3 is 0 Å². The van der Waals surface area contributed by atoms with Crippen molar-refractivity contribution < 1.29 is 18.0 Å². The first-order chi connectivity index (χ1) is 13.7. The highest BCUT2D eigenvalue weighted by atomic mass is 19.3. The van der Waals surface area contributed by atoms with Gasteiger partial charge in [-0.15, -0.1) is 0 Å². The molecule has 29 heavy (non-hydrogen) atoms. The molecule has 2 atom stereocenters. The number of amides is 1. The van der Waals surface area contributed by atoms with Gasteiger partial charge in [-0.1, -0.05) is 0 Å². The molecular formula is C19H21F3N6O. The third-order valence-electron chi connectivity index (χ3n) is 5.20. The highest BCUT2D eigenvalue weighted by Crippen LogP contribution is 2.45. The minimum atomic E-state index is -3.18. The van der Waals surface area contributed by atoms with Crippen molar-refractivity contribution in [3.8, 4) is 11.4 Å². The van der Waals surface area contributed by atoms with Crippen LogP contribution < -0.4 is 15.5 Å². The van der Waals surface area contributed by atoms with Gasteiger partial charge in [-0.05, 0) is 13.8 Å². The van der Waals surface area contributed by atoms with E-state index in [9.17, 15) is 18.0 Å². The second-order valence-corrected chi connectivity index (χ2v) is 7.58. The summed E-state index contributed by atoms with van der Waals surface area (Å²) >= 11 is 0. The highest BCUT2D eigenvalue weighted by molar-refractivity contribution is 5.95. The summed E-state index contributed by atoms with van der Waals surface area (Å²) in [6, 6.07) is 2.70. The van der Waals surface area contributed by atoms with E-state index in [1.165, 1.54) is 12.1 Å². The Balaban J connectivity index is 1.82. The van der Waals surface area contributed by atoms with Crippen LogP contribution in [0.2, 0.25) is 0 Å². The molecule has 2 aromatic heterocycles. The number of rotatable bonds is 3. The Kier molecular flexibility index (Phi) is 4.89. The molecule has 4 heterocycles. The average Bonchev–Trinajstić information content (AvgIpc) is 2.65. The first-order valence-corrected chi connectivity index (χ1v) is 9.41. The Morgan fingerprint density at radius 1 is 1.28 bits per heavy atom. The number of hydrogen-bond acceptors (Lipinski definition) is 6. The maximum atomic E-state index is 14.4. The van der Waals surface area contributed by atoms with Crippen LogP contribution >= 0.6 is 0 Å². The van der Waals surface area contributed by atoms with Gasteiger partial charge in [0.1, 0.15) is 23.8 Å². The summed E-state index contributed by atoms with van der Waals surface area (Å²) in [6.07, 6.45) is 0.748. The lowest BCUT2D eigenvalue weighted by Gasteiger charge is -2.33. The van der Waals surface area contributed by atoms with Crippen molar-refractivity contribution in [1.82, 2.24) is 20.3 Å². The molecule has 0 unspecified atom stereocenters. The predicted octanol–water partition coefficient (Wildman–Crippen LogP) is 2.56. The molecule has 2 aliphatic heterocycles. The van der Waals surface area contributed by atoms with E-state index in [4.69, 9.17) is 0 Å². The fourth-order valence-electron chi connectivity index (χ4n) is 3.84. The number of nitrogens with one attached hydrogen (secondary N) is 2. The molecule has 7 nitrogen and oxygen atoms in total. The number of piperazine rings is 1. The number of nitrogens with zero attached hydrogens (tertiary/aromatic N) is 4. The summed E-state index contributed by atoms with van der Waals surface area (Å²) in [5, 5.41) is 5.81. The molecule has 1 fully saturated rings. The lowest BCUT2D eigenvalue weighted by atomic mass is 9.85. The van der Waals surface area contributed by atoms with Crippen molar-refractivity contribution >= 4 is 17.5 Å². The molecule has 10 heteroatoms. The Hall–Kier alpha value is -2.75. The number of alkyl halides is 2. The summed E-state index contributed by atoms with van der Waals surface area (Å²) in [5.74, 6) is -5.26. The van der Waals surface area contributed by atoms with Crippen LogP contribution in [0.4, 0.5) is 24.8 Å². The van der Waals surface area contributed by atoms with Gasteiger partial charge < -0.3 is 15.5 Å². The second kappa shape index (κ2) is 7.25. The van der Waals surface area contributed by atoms with Gasteiger partial charge in [-0.3, -0.25) is 4.79 Å². The van der Waals surface area contributed by atoms with Crippen LogP contribution in [0.3, 0.4) is 0 Å². The molecule has 1 amide bonds. The predicted molar refractivity (Wildman–Crippen MR) is 102 cm³/mol. The lowest BCUT2D eigenvalue weighted by molar-refractivity contribution is -0.119. The maximum Gasteiger partial charge on any atom is 0.252 e. The molecule has 2 aromatic rings. The molecule has 4 rings (SSSR count). The normalized spacial score (nSPS) is 22.2. The minimum absolute atomic E-state index is 0.0150. The minimum Gasteiger partial charge on any atom is -0.354 e. The van der Waals surface area contributed by atoms with Crippen molar-refractivity contribution in [1.29, 1.82) is 0 Å². The molecule has 0 aliphatic carbocycles. The van der Waals surface area contributed by atoms with Crippen molar-refractivity contribution in [2.45, 2.75) is 38.2 Å². The van der Waals surface area contributed by atoms with Crippen LogP contribution in [-0.2, 0) is 4.79 Å². The maximum absolute atomic E-state index is 14.4. The van der Waals surface area contributed by atoms with Crippen LogP contribution in [0.1, 0.15) is 31.7 Å². The van der Waals surface area contributed by atoms with Gasteiger partial charge in [0.2, 0.25) is 5.91 Å².